The van der Waals surface area contributed by atoms with Crippen molar-refractivity contribution in [2.24, 2.45) is 4.99 Å². The first-order chi connectivity index (χ1) is 12.2. The second-order valence-electron chi connectivity index (χ2n) is 5.35. The number of hydrogen-bond acceptors (Lipinski definition) is 4. The van der Waals surface area contributed by atoms with Crippen molar-refractivity contribution < 1.29 is 9.47 Å². The van der Waals surface area contributed by atoms with Gasteiger partial charge in [0.25, 0.3) is 0 Å². The van der Waals surface area contributed by atoms with Crippen molar-refractivity contribution in [2.45, 2.75) is 6.92 Å². The molecule has 1 heterocycles. The Morgan fingerprint density at radius 2 is 1.96 bits per heavy atom. The molecular formula is C20H19N3O2. The molecule has 0 N–H and O–H groups in total. The lowest BCUT2D eigenvalue weighted by Gasteiger charge is -2.13. The average molecular weight is 333 g/mol. The summed E-state index contributed by atoms with van der Waals surface area (Å²) >= 11 is 0. The van der Waals surface area contributed by atoms with E-state index in [1.54, 1.807) is 18.0 Å². The SMILES string of the molecule is C=C/N=C(/Oc1cc(OC)cc(-n2cccn2)c1)c1ccccc1C. The quantitative estimate of drug-likeness (QED) is 0.520. The lowest BCUT2D eigenvalue weighted by molar-refractivity contribution is 0.411. The van der Waals surface area contributed by atoms with E-state index in [-0.39, 0.29) is 0 Å². The molecule has 25 heavy (non-hydrogen) atoms. The predicted molar refractivity (Wildman–Crippen MR) is 98.7 cm³/mol. The van der Waals surface area contributed by atoms with E-state index in [1.807, 2.05) is 61.7 Å². The molecule has 0 saturated carbocycles. The van der Waals surface area contributed by atoms with Gasteiger partial charge in [0, 0.05) is 42.4 Å². The summed E-state index contributed by atoms with van der Waals surface area (Å²) in [6.45, 7) is 5.69. The molecule has 0 saturated heterocycles. The number of ether oxygens (including phenoxy) is 2. The van der Waals surface area contributed by atoms with Gasteiger partial charge in [-0.3, -0.25) is 0 Å². The van der Waals surface area contributed by atoms with E-state index in [1.165, 1.54) is 6.20 Å². The van der Waals surface area contributed by atoms with Crippen LogP contribution < -0.4 is 9.47 Å². The van der Waals surface area contributed by atoms with E-state index in [2.05, 4.69) is 16.7 Å². The Kier molecular flexibility index (Phi) is 4.95. The van der Waals surface area contributed by atoms with Crippen molar-refractivity contribution in [2.75, 3.05) is 7.11 Å². The Morgan fingerprint density at radius 3 is 2.64 bits per heavy atom. The van der Waals surface area contributed by atoms with Crippen molar-refractivity contribution in [3.63, 3.8) is 0 Å². The van der Waals surface area contributed by atoms with Gasteiger partial charge in [-0.05, 0) is 24.6 Å². The van der Waals surface area contributed by atoms with Crippen LogP contribution in [0.5, 0.6) is 11.5 Å². The maximum atomic E-state index is 6.06. The maximum absolute atomic E-state index is 6.06. The van der Waals surface area contributed by atoms with E-state index < -0.39 is 0 Å². The minimum absolute atomic E-state index is 0.479. The molecule has 0 aliphatic carbocycles. The first-order valence-corrected chi connectivity index (χ1v) is 7.83. The van der Waals surface area contributed by atoms with E-state index in [4.69, 9.17) is 9.47 Å². The number of aliphatic imine (C=N–C) groups is 1. The van der Waals surface area contributed by atoms with E-state index >= 15 is 0 Å². The topological polar surface area (TPSA) is 48.6 Å². The molecule has 3 aromatic rings. The van der Waals surface area contributed by atoms with Crippen LogP contribution in [0.25, 0.3) is 5.69 Å². The second-order valence-corrected chi connectivity index (χ2v) is 5.35. The Hall–Kier alpha value is -3.34. The molecule has 1 aromatic heterocycles. The van der Waals surface area contributed by atoms with Crippen LogP contribution >= 0.6 is 0 Å². The molecule has 0 amide bonds. The minimum atomic E-state index is 0.479. The van der Waals surface area contributed by atoms with Crippen LogP contribution in [-0.4, -0.2) is 22.8 Å². The summed E-state index contributed by atoms with van der Waals surface area (Å²) in [5, 5.41) is 4.25. The van der Waals surface area contributed by atoms with Crippen LogP contribution in [-0.2, 0) is 0 Å². The molecule has 0 aliphatic heterocycles. The van der Waals surface area contributed by atoms with Gasteiger partial charge in [-0.2, -0.15) is 5.10 Å². The van der Waals surface area contributed by atoms with Crippen LogP contribution in [0, 0.1) is 6.92 Å². The predicted octanol–water partition coefficient (Wildman–Crippen LogP) is 4.16. The fraction of sp³-hybridized carbons (Fsp3) is 0.100. The van der Waals surface area contributed by atoms with Crippen molar-refractivity contribution in [1.82, 2.24) is 9.78 Å². The number of benzene rings is 2. The highest BCUT2D eigenvalue weighted by atomic mass is 16.5. The third-order valence-corrected chi connectivity index (χ3v) is 3.67. The summed E-state index contributed by atoms with van der Waals surface area (Å²) in [7, 11) is 1.62. The van der Waals surface area contributed by atoms with Gasteiger partial charge < -0.3 is 9.47 Å². The van der Waals surface area contributed by atoms with Gasteiger partial charge in [-0.1, -0.05) is 24.8 Å². The fourth-order valence-corrected chi connectivity index (χ4v) is 2.45. The maximum Gasteiger partial charge on any atom is 0.226 e. The lowest BCUT2D eigenvalue weighted by Crippen LogP contribution is -2.12. The molecule has 0 unspecified atom stereocenters. The molecule has 0 atom stereocenters. The van der Waals surface area contributed by atoms with Gasteiger partial charge in [-0.15, -0.1) is 0 Å². The van der Waals surface area contributed by atoms with Crippen LogP contribution in [0.15, 0.2) is 78.7 Å². The van der Waals surface area contributed by atoms with E-state index in [9.17, 15) is 0 Å². The first kappa shape index (κ1) is 16.5. The Bertz CT molecular complexity index is 899. The molecule has 2 aromatic carbocycles. The molecule has 0 radical (unpaired) electrons. The Morgan fingerprint density at radius 1 is 1.16 bits per heavy atom. The summed E-state index contributed by atoms with van der Waals surface area (Å²) < 4.78 is 13.2. The normalized spacial score (nSPS) is 11.2. The molecular weight excluding hydrogens is 314 g/mol. The van der Waals surface area contributed by atoms with Crippen LogP contribution in [0.1, 0.15) is 11.1 Å². The van der Waals surface area contributed by atoms with E-state index in [0.717, 1.165) is 16.8 Å². The van der Waals surface area contributed by atoms with Crippen LogP contribution in [0.2, 0.25) is 0 Å². The number of aromatic nitrogens is 2. The Labute approximate surface area is 146 Å². The number of hydrogen-bond donors (Lipinski definition) is 0. The molecule has 0 spiro atoms. The third-order valence-electron chi connectivity index (χ3n) is 3.67. The van der Waals surface area contributed by atoms with Crippen molar-refractivity contribution in [3.8, 4) is 17.2 Å². The highest BCUT2D eigenvalue weighted by Crippen LogP contribution is 2.26. The number of aryl methyl sites for hydroxylation is 1. The Balaban J connectivity index is 2.00. The zero-order valence-electron chi connectivity index (χ0n) is 14.2. The van der Waals surface area contributed by atoms with Crippen molar-refractivity contribution in [3.05, 3.63) is 84.8 Å². The third kappa shape index (κ3) is 3.77. The molecule has 5 nitrogen and oxygen atoms in total. The summed E-state index contributed by atoms with van der Waals surface area (Å²) in [5.41, 5.74) is 2.81. The zero-order valence-corrected chi connectivity index (χ0v) is 14.2. The van der Waals surface area contributed by atoms with Gasteiger partial charge in [0.1, 0.15) is 11.5 Å². The average Bonchev–Trinajstić information content (AvgIpc) is 3.16. The zero-order chi connectivity index (χ0) is 17.6. The smallest absolute Gasteiger partial charge is 0.226 e. The largest absolute Gasteiger partial charge is 0.497 e. The highest BCUT2D eigenvalue weighted by molar-refractivity contribution is 5.97. The van der Waals surface area contributed by atoms with E-state index in [0.29, 0.717) is 17.4 Å². The fourth-order valence-electron chi connectivity index (χ4n) is 2.45. The molecule has 0 bridgehead atoms. The summed E-state index contributed by atoms with van der Waals surface area (Å²) in [4.78, 5) is 4.29. The number of nitrogens with zero attached hydrogens (tertiary/aromatic N) is 3. The van der Waals surface area contributed by atoms with Gasteiger partial charge >= 0.3 is 0 Å². The standard InChI is InChI=1S/C20H19N3O2/c1-4-21-20(19-9-6-5-8-15(19)2)25-18-13-16(12-17(14-18)24-3)23-11-7-10-22-23/h4-14H,1H2,2-3H3/b21-20+. The molecule has 0 fully saturated rings. The lowest BCUT2D eigenvalue weighted by atomic mass is 10.1. The van der Waals surface area contributed by atoms with Gasteiger partial charge in [-0.25, -0.2) is 9.67 Å². The van der Waals surface area contributed by atoms with Gasteiger partial charge in [0.2, 0.25) is 5.90 Å². The molecule has 3 rings (SSSR count). The first-order valence-electron chi connectivity index (χ1n) is 7.83. The summed E-state index contributed by atoms with van der Waals surface area (Å²) in [5.74, 6) is 1.76. The second kappa shape index (κ2) is 7.49. The minimum Gasteiger partial charge on any atom is -0.497 e. The monoisotopic (exact) mass is 333 g/mol. The van der Waals surface area contributed by atoms with Gasteiger partial charge in [0.15, 0.2) is 0 Å². The van der Waals surface area contributed by atoms with Crippen molar-refractivity contribution >= 4 is 5.90 Å². The number of rotatable bonds is 5. The van der Waals surface area contributed by atoms with Crippen LogP contribution in [0.4, 0.5) is 0 Å². The summed E-state index contributed by atoms with van der Waals surface area (Å²) in [6, 6.07) is 15.3. The number of methoxy groups -OCH3 is 1. The molecule has 5 heteroatoms. The molecule has 0 aliphatic rings. The molecule has 126 valence electrons. The summed E-state index contributed by atoms with van der Waals surface area (Å²) in [6.07, 6.45) is 5.05. The highest BCUT2D eigenvalue weighted by Gasteiger charge is 2.11. The van der Waals surface area contributed by atoms with Gasteiger partial charge in [0.05, 0.1) is 12.8 Å². The van der Waals surface area contributed by atoms with Crippen molar-refractivity contribution in [1.29, 1.82) is 0 Å². The van der Waals surface area contributed by atoms with Crippen LogP contribution in [0.3, 0.4) is 0 Å².